The van der Waals surface area contributed by atoms with Crippen molar-refractivity contribution in [3.63, 3.8) is 0 Å². The number of ether oxygens (including phenoxy) is 2. The van der Waals surface area contributed by atoms with Crippen LogP contribution in [0.1, 0.15) is 0 Å². The van der Waals surface area contributed by atoms with Crippen LogP contribution >= 0.6 is 11.6 Å². The number of rotatable bonds is 2. The van der Waals surface area contributed by atoms with Crippen molar-refractivity contribution in [2.24, 2.45) is 0 Å². The third-order valence-corrected chi connectivity index (χ3v) is 2.50. The maximum atomic E-state index is 6.02. The molecule has 0 aliphatic rings. The fourth-order valence-electron chi connectivity index (χ4n) is 1.45. The zero-order chi connectivity index (χ0) is 10.8. The number of hydrogen-bond donors (Lipinski definition) is 0. The Morgan fingerprint density at radius 1 is 1.13 bits per heavy atom. The Labute approximate surface area is 92.6 Å². The van der Waals surface area contributed by atoms with Crippen LogP contribution in [0, 0.1) is 0 Å². The van der Waals surface area contributed by atoms with Gasteiger partial charge in [-0.25, -0.2) is 4.98 Å². The van der Waals surface area contributed by atoms with Crippen molar-refractivity contribution < 1.29 is 9.47 Å². The Hall–Kier alpha value is -1.48. The number of nitrogens with zero attached hydrogens (tertiary/aromatic N) is 1. The number of benzene rings is 1. The number of aromatic nitrogens is 1. The topological polar surface area (TPSA) is 31.4 Å². The second-order valence-corrected chi connectivity index (χ2v) is 3.43. The average molecular weight is 224 g/mol. The zero-order valence-electron chi connectivity index (χ0n) is 8.45. The van der Waals surface area contributed by atoms with Gasteiger partial charge in [0.25, 0.3) is 0 Å². The lowest BCUT2D eigenvalue weighted by Gasteiger charge is -2.07. The summed E-state index contributed by atoms with van der Waals surface area (Å²) in [4.78, 5) is 4.09. The van der Waals surface area contributed by atoms with Crippen molar-refractivity contribution in [2.75, 3.05) is 14.2 Å². The van der Waals surface area contributed by atoms with Gasteiger partial charge in [-0.05, 0) is 18.2 Å². The maximum Gasteiger partial charge on any atom is 0.221 e. The highest BCUT2D eigenvalue weighted by molar-refractivity contribution is 6.35. The summed E-state index contributed by atoms with van der Waals surface area (Å²) in [6.07, 6.45) is 1.58. The van der Waals surface area contributed by atoms with E-state index in [-0.39, 0.29) is 0 Å². The molecule has 0 fully saturated rings. The quantitative estimate of drug-likeness (QED) is 0.785. The van der Waals surface area contributed by atoms with E-state index < -0.39 is 0 Å². The monoisotopic (exact) mass is 223 g/mol. The minimum atomic E-state index is 0.549. The van der Waals surface area contributed by atoms with Gasteiger partial charge in [0.05, 0.1) is 25.4 Å². The number of methoxy groups -OCH3 is 2. The van der Waals surface area contributed by atoms with Crippen LogP contribution in [0.25, 0.3) is 10.8 Å². The normalized spacial score (nSPS) is 10.3. The van der Waals surface area contributed by atoms with E-state index in [1.165, 1.54) is 0 Å². The zero-order valence-corrected chi connectivity index (χ0v) is 9.21. The van der Waals surface area contributed by atoms with Crippen molar-refractivity contribution in [3.8, 4) is 11.6 Å². The summed E-state index contributed by atoms with van der Waals surface area (Å²) < 4.78 is 10.3. The van der Waals surface area contributed by atoms with Crippen LogP contribution in [0.15, 0.2) is 24.4 Å². The van der Waals surface area contributed by atoms with Crippen LogP contribution in [-0.2, 0) is 0 Å². The molecule has 4 heteroatoms. The number of pyridine rings is 1. The largest absolute Gasteiger partial charge is 0.497 e. The van der Waals surface area contributed by atoms with E-state index in [9.17, 15) is 0 Å². The van der Waals surface area contributed by atoms with Gasteiger partial charge in [0.2, 0.25) is 5.88 Å². The fourth-order valence-corrected chi connectivity index (χ4v) is 1.67. The first-order chi connectivity index (χ1) is 7.26. The summed E-state index contributed by atoms with van der Waals surface area (Å²) in [7, 11) is 3.20. The molecule has 0 saturated heterocycles. The summed E-state index contributed by atoms with van der Waals surface area (Å²) in [6.45, 7) is 0. The molecule has 0 aliphatic carbocycles. The van der Waals surface area contributed by atoms with E-state index >= 15 is 0 Å². The van der Waals surface area contributed by atoms with Crippen molar-refractivity contribution in [3.05, 3.63) is 29.4 Å². The van der Waals surface area contributed by atoms with Crippen LogP contribution in [0.4, 0.5) is 0 Å². The van der Waals surface area contributed by atoms with Crippen LogP contribution in [0.5, 0.6) is 11.6 Å². The second kappa shape index (κ2) is 3.95. The third kappa shape index (κ3) is 1.70. The Morgan fingerprint density at radius 2 is 1.93 bits per heavy atom. The molecule has 15 heavy (non-hydrogen) atoms. The Bertz CT molecular complexity index is 499. The summed E-state index contributed by atoms with van der Waals surface area (Å²) in [5.74, 6) is 1.30. The van der Waals surface area contributed by atoms with Gasteiger partial charge in [-0.15, -0.1) is 0 Å². The number of hydrogen-bond acceptors (Lipinski definition) is 3. The molecule has 1 aromatic heterocycles. The van der Waals surface area contributed by atoms with Crippen LogP contribution in [-0.4, -0.2) is 19.2 Å². The van der Waals surface area contributed by atoms with Gasteiger partial charge in [0.15, 0.2) is 0 Å². The van der Waals surface area contributed by atoms with E-state index in [0.29, 0.717) is 10.9 Å². The molecule has 3 nitrogen and oxygen atoms in total. The Kier molecular flexibility index (Phi) is 2.64. The van der Waals surface area contributed by atoms with Gasteiger partial charge in [-0.3, -0.25) is 0 Å². The minimum Gasteiger partial charge on any atom is -0.497 e. The molecule has 2 aromatic rings. The van der Waals surface area contributed by atoms with E-state index in [0.717, 1.165) is 16.5 Å². The molecule has 1 heterocycles. The first-order valence-corrected chi connectivity index (χ1v) is 4.80. The molecule has 1 aromatic carbocycles. The SMILES string of the molecule is COc1ccc2c(Cl)cnc(OC)c2c1. The van der Waals surface area contributed by atoms with Crippen molar-refractivity contribution in [1.29, 1.82) is 0 Å². The van der Waals surface area contributed by atoms with Gasteiger partial charge >= 0.3 is 0 Å². The molecule has 0 spiro atoms. The molecule has 0 unspecified atom stereocenters. The maximum absolute atomic E-state index is 6.02. The molecule has 0 bridgehead atoms. The summed E-state index contributed by atoms with van der Waals surface area (Å²) in [6, 6.07) is 5.60. The molecular formula is C11H10ClNO2. The number of halogens is 1. The third-order valence-electron chi connectivity index (χ3n) is 2.20. The van der Waals surface area contributed by atoms with Gasteiger partial charge in [0.1, 0.15) is 5.75 Å². The van der Waals surface area contributed by atoms with Crippen molar-refractivity contribution >= 4 is 22.4 Å². The molecular weight excluding hydrogens is 214 g/mol. The van der Waals surface area contributed by atoms with E-state index in [1.54, 1.807) is 20.4 Å². The van der Waals surface area contributed by atoms with Gasteiger partial charge in [-0.1, -0.05) is 11.6 Å². The highest BCUT2D eigenvalue weighted by atomic mass is 35.5. The van der Waals surface area contributed by atoms with Crippen molar-refractivity contribution in [2.45, 2.75) is 0 Å². The standard InChI is InChI=1S/C11H10ClNO2/c1-14-7-3-4-8-9(5-7)11(15-2)13-6-10(8)12/h3-6H,1-2H3. The lowest BCUT2D eigenvalue weighted by molar-refractivity contribution is 0.401. The predicted molar refractivity (Wildman–Crippen MR) is 59.9 cm³/mol. The molecule has 0 aliphatic heterocycles. The van der Waals surface area contributed by atoms with E-state index in [4.69, 9.17) is 21.1 Å². The molecule has 2 rings (SSSR count). The highest BCUT2D eigenvalue weighted by Crippen LogP contribution is 2.31. The lowest BCUT2D eigenvalue weighted by Crippen LogP contribution is -1.90. The summed E-state index contributed by atoms with van der Waals surface area (Å²) in [5.41, 5.74) is 0. The minimum absolute atomic E-state index is 0.549. The first kappa shape index (κ1) is 10.1. The molecule has 0 saturated carbocycles. The Balaban J connectivity index is 2.77. The van der Waals surface area contributed by atoms with E-state index in [1.807, 2.05) is 18.2 Å². The van der Waals surface area contributed by atoms with Crippen molar-refractivity contribution in [1.82, 2.24) is 4.98 Å². The van der Waals surface area contributed by atoms with Crippen LogP contribution < -0.4 is 9.47 Å². The highest BCUT2D eigenvalue weighted by Gasteiger charge is 2.07. The van der Waals surface area contributed by atoms with Gasteiger partial charge in [-0.2, -0.15) is 0 Å². The van der Waals surface area contributed by atoms with Gasteiger partial charge < -0.3 is 9.47 Å². The Morgan fingerprint density at radius 3 is 2.60 bits per heavy atom. The summed E-state index contributed by atoms with van der Waals surface area (Å²) in [5, 5.41) is 2.36. The molecule has 78 valence electrons. The molecule has 0 amide bonds. The van der Waals surface area contributed by atoms with E-state index in [2.05, 4.69) is 4.98 Å². The molecule has 0 atom stereocenters. The van der Waals surface area contributed by atoms with Crippen LogP contribution in [0.3, 0.4) is 0 Å². The molecule has 0 N–H and O–H groups in total. The average Bonchev–Trinajstić information content (AvgIpc) is 2.29. The van der Waals surface area contributed by atoms with Crippen LogP contribution in [0.2, 0.25) is 5.02 Å². The second-order valence-electron chi connectivity index (χ2n) is 3.03. The number of fused-ring (bicyclic) bond motifs is 1. The predicted octanol–water partition coefficient (Wildman–Crippen LogP) is 2.91. The smallest absolute Gasteiger partial charge is 0.221 e. The first-order valence-electron chi connectivity index (χ1n) is 4.42. The van der Waals surface area contributed by atoms with Gasteiger partial charge in [0, 0.05) is 10.8 Å². The molecule has 0 radical (unpaired) electrons. The fraction of sp³-hybridized carbons (Fsp3) is 0.182. The lowest BCUT2D eigenvalue weighted by atomic mass is 10.1. The summed E-state index contributed by atoms with van der Waals surface area (Å²) >= 11 is 6.02.